The van der Waals surface area contributed by atoms with Crippen molar-refractivity contribution in [1.29, 1.82) is 0 Å². The third kappa shape index (κ3) is 4.38. The van der Waals surface area contributed by atoms with Gasteiger partial charge in [0.25, 0.3) is 0 Å². The van der Waals surface area contributed by atoms with E-state index in [4.69, 9.17) is 9.26 Å². The highest BCUT2D eigenvalue weighted by Gasteiger charge is 2.31. The number of aliphatic hydroxyl groups excluding tert-OH is 1. The molecule has 3 heterocycles. The molecule has 1 fully saturated rings. The smallest absolute Gasteiger partial charge is 0.226 e. The molecule has 0 radical (unpaired) electrons. The minimum atomic E-state index is -0.506. The Morgan fingerprint density at radius 2 is 2.48 bits per heavy atom. The van der Waals surface area contributed by atoms with Crippen molar-refractivity contribution in [2.45, 2.75) is 44.9 Å². The number of rotatable bonds is 8. The van der Waals surface area contributed by atoms with Gasteiger partial charge in [-0.3, -0.25) is 4.90 Å². The summed E-state index contributed by atoms with van der Waals surface area (Å²) in [5, 5.41) is 16.3. The molecule has 3 rings (SSSR count). The van der Waals surface area contributed by atoms with E-state index in [1.54, 1.807) is 11.3 Å². The number of aromatic nitrogens is 2. The number of nitrogens with zero attached hydrogens (tertiary/aromatic N) is 3. The fourth-order valence-corrected chi connectivity index (χ4v) is 3.54. The Balaban J connectivity index is 1.47. The molecule has 23 heavy (non-hydrogen) atoms. The van der Waals surface area contributed by atoms with E-state index in [9.17, 15) is 5.11 Å². The summed E-state index contributed by atoms with van der Waals surface area (Å²) in [7, 11) is 0. The highest BCUT2D eigenvalue weighted by atomic mass is 32.1. The molecule has 0 unspecified atom stereocenters. The van der Waals surface area contributed by atoms with Crippen LogP contribution in [0.4, 0.5) is 0 Å². The van der Waals surface area contributed by atoms with Gasteiger partial charge in [-0.25, -0.2) is 0 Å². The lowest BCUT2D eigenvalue weighted by Gasteiger charge is -2.24. The molecule has 1 aliphatic heterocycles. The first-order chi connectivity index (χ1) is 11.3. The van der Waals surface area contributed by atoms with Crippen LogP contribution in [0.15, 0.2) is 22.0 Å². The van der Waals surface area contributed by atoms with Gasteiger partial charge in [-0.05, 0) is 30.8 Å². The van der Waals surface area contributed by atoms with Crippen LogP contribution in [0.1, 0.15) is 42.4 Å². The normalized spacial score (nSPS) is 20.2. The van der Waals surface area contributed by atoms with Crippen LogP contribution in [-0.2, 0) is 17.8 Å². The maximum Gasteiger partial charge on any atom is 0.226 e. The SMILES string of the molecule is CCc1nc([C@H]2CCCN2C[C@H](O)COCc2cccs2)no1. The number of likely N-dealkylation sites (tertiary alicyclic amines) is 1. The van der Waals surface area contributed by atoms with Gasteiger partial charge in [-0.15, -0.1) is 11.3 Å². The second-order valence-electron chi connectivity index (χ2n) is 5.80. The summed E-state index contributed by atoms with van der Waals surface area (Å²) in [6.45, 7) is 4.42. The Morgan fingerprint density at radius 3 is 3.22 bits per heavy atom. The van der Waals surface area contributed by atoms with Crippen LogP contribution >= 0.6 is 11.3 Å². The third-order valence-electron chi connectivity index (χ3n) is 4.03. The van der Waals surface area contributed by atoms with Gasteiger partial charge >= 0.3 is 0 Å². The standard InChI is InChI=1S/C16H23N3O3S/c1-2-15-17-16(18-22-15)14-6-3-7-19(14)9-12(20)10-21-11-13-5-4-8-23-13/h4-5,8,12,14,20H,2-3,6-7,9-11H2,1H3/t12-,14+/m0/s1. The van der Waals surface area contributed by atoms with Crippen molar-refractivity contribution < 1.29 is 14.4 Å². The first-order valence-corrected chi connectivity index (χ1v) is 8.99. The molecule has 0 aliphatic carbocycles. The summed E-state index contributed by atoms with van der Waals surface area (Å²) in [4.78, 5) is 7.83. The highest BCUT2D eigenvalue weighted by Crippen LogP contribution is 2.30. The van der Waals surface area contributed by atoms with Crippen molar-refractivity contribution in [3.8, 4) is 0 Å². The second-order valence-corrected chi connectivity index (χ2v) is 6.83. The van der Waals surface area contributed by atoms with Crippen molar-refractivity contribution >= 4 is 11.3 Å². The highest BCUT2D eigenvalue weighted by molar-refractivity contribution is 7.09. The molecular weight excluding hydrogens is 314 g/mol. The van der Waals surface area contributed by atoms with Crippen LogP contribution < -0.4 is 0 Å². The molecule has 0 aromatic carbocycles. The summed E-state index contributed by atoms with van der Waals surface area (Å²) in [6, 6.07) is 4.19. The number of hydrogen-bond acceptors (Lipinski definition) is 7. The van der Waals surface area contributed by atoms with Gasteiger partial charge in [-0.2, -0.15) is 4.98 Å². The summed E-state index contributed by atoms with van der Waals surface area (Å²) in [6.07, 6.45) is 2.33. The first kappa shape index (κ1) is 16.6. The van der Waals surface area contributed by atoms with Crippen LogP contribution in [-0.4, -0.2) is 45.9 Å². The van der Waals surface area contributed by atoms with Crippen molar-refractivity contribution in [3.05, 3.63) is 34.1 Å². The van der Waals surface area contributed by atoms with Gasteiger partial charge in [0.1, 0.15) is 0 Å². The van der Waals surface area contributed by atoms with Gasteiger partial charge in [0, 0.05) is 17.8 Å². The lowest BCUT2D eigenvalue weighted by atomic mass is 10.2. The molecule has 2 atom stereocenters. The first-order valence-electron chi connectivity index (χ1n) is 8.11. The molecule has 0 amide bonds. The number of thiophene rings is 1. The van der Waals surface area contributed by atoms with E-state index < -0.39 is 6.10 Å². The van der Waals surface area contributed by atoms with E-state index in [2.05, 4.69) is 15.0 Å². The largest absolute Gasteiger partial charge is 0.389 e. The van der Waals surface area contributed by atoms with E-state index in [0.29, 0.717) is 25.6 Å². The zero-order chi connectivity index (χ0) is 16.1. The van der Waals surface area contributed by atoms with Crippen LogP contribution in [0.25, 0.3) is 0 Å². The minimum absolute atomic E-state index is 0.144. The number of β-amino-alcohol motifs (C(OH)–C–C–N with tert-alkyl or cyclic N) is 1. The topological polar surface area (TPSA) is 71.6 Å². The monoisotopic (exact) mass is 337 g/mol. The van der Waals surface area contributed by atoms with E-state index in [1.807, 2.05) is 24.4 Å². The van der Waals surface area contributed by atoms with E-state index in [-0.39, 0.29) is 6.04 Å². The van der Waals surface area contributed by atoms with Crippen LogP contribution in [0.5, 0.6) is 0 Å². The van der Waals surface area contributed by atoms with Crippen molar-refractivity contribution in [2.75, 3.05) is 19.7 Å². The molecule has 126 valence electrons. The zero-order valence-corrected chi connectivity index (χ0v) is 14.2. The second kappa shape index (κ2) is 8.01. The van der Waals surface area contributed by atoms with Gasteiger partial charge < -0.3 is 14.4 Å². The lowest BCUT2D eigenvalue weighted by molar-refractivity contribution is 0.00785. The molecule has 2 aromatic heterocycles. The molecule has 0 spiro atoms. The Hall–Kier alpha value is -1.28. The molecule has 1 N–H and O–H groups in total. The molecule has 7 heteroatoms. The quantitative estimate of drug-likeness (QED) is 0.797. The predicted octanol–water partition coefficient (Wildman–Crippen LogP) is 2.41. The summed E-state index contributed by atoms with van der Waals surface area (Å²) < 4.78 is 10.8. The van der Waals surface area contributed by atoms with Gasteiger partial charge in [0.05, 0.1) is 25.4 Å². The van der Waals surface area contributed by atoms with E-state index >= 15 is 0 Å². The van der Waals surface area contributed by atoms with E-state index in [0.717, 1.165) is 31.6 Å². The van der Waals surface area contributed by atoms with Gasteiger partial charge in [-0.1, -0.05) is 18.1 Å². The Kier molecular flexibility index (Phi) is 5.77. The Morgan fingerprint density at radius 1 is 1.57 bits per heavy atom. The number of aliphatic hydroxyl groups is 1. The lowest BCUT2D eigenvalue weighted by Crippen LogP contribution is -2.35. The summed E-state index contributed by atoms with van der Waals surface area (Å²) in [5.41, 5.74) is 0. The van der Waals surface area contributed by atoms with Crippen molar-refractivity contribution in [2.24, 2.45) is 0 Å². The van der Waals surface area contributed by atoms with Crippen LogP contribution in [0.2, 0.25) is 0 Å². The maximum atomic E-state index is 10.2. The van der Waals surface area contributed by atoms with Gasteiger partial charge in [0.2, 0.25) is 5.89 Å². The number of aryl methyl sites for hydroxylation is 1. The maximum absolute atomic E-state index is 10.2. The molecule has 1 saturated heterocycles. The average molecular weight is 337 g/mol. The van der Waals surface area contributed by atoms with E-state index in [1.165, 1.54) is 4.88 Å². The summed E-state index contributed by atoms with van der Waals surface area (Å²) in [5.74, 6) is 1.41. The molecular formula is C16H23N3O3S. The molecule has 1 aliphatic rings. The number of ether oxygens (including phenoxy) is 1. The average Bonchev–Trinajstić information content (AvgIpc) is 3.28. The number of hydrogen-bond donors (Lipinski definition) is 1. The fourth-order valence-electron chi connectivity index (χ4n) is 2.90. The molecule has 0 bridgehead atoms. The zero-order valence-electron chi connectivity index (χ0n) is 13.4. The van der Waals surface area contributed by atoms with Crippen LogP contribution in [0, 0.1) is 0 Å². The molecule has 0 saturated carbocycles. The summed E-state index contributed by atoms with van der Waals surface area (Å²) >= 11 is 1.67. The van der Waals surface area contributed by atoms with Crippen molar-refractivity contribution in [3.63, 3.8) is 0 Å². The Bertz CT molecular complexity index is 587. The predicted molar refractivity (Wildman–Crippen MR) is 87.2 cm³/mol. The van der Waals surface area contributed by atoms with Gasteiger partial charge in [0.15, 0.2) is 5.82 Å². The minimum Gasteiger partial charge on any atom is -0.389 e. The fraction of sp³-hybridized carbons (Fsp3) is 0.625. The molecule has 6 nitrogen and oxygen atoms in total. The van der Waals surface area contributed by atoms with Crippen LogP contribution in [0.3, 0.4) is 0 Å². The van der Waals surface area contributed by atoms with Crippen molar-refractivity contribution in [1.82, 2.24) is 15.0 Å². The third-order valence-corrected chi connectivity index (χ3v) is 4.88. The molecule has 2 aromatic rings. The Labute approximate surface area is 140 Å².